The summed E-state index contributed by atoms with van der Waals surface area (Å²) in [6.45, 7) is 3.39. The summed E-state index contributed by atoms with van der Waals surface area (Å²) >= 11 is 0. The van der Waals surface area contributed by atoms with Crippen molar-refractivity contribution >= 4 is 17.8 Å². The fourth-order valence-electron chi connectivity index (χ4n) is 2.81. The van der Waals surface area contributed by atoms with Crippen LogP contribution in [0.1, 0.15) is 11.1 Å². The van der Waals surface area contributed by atoms with Crippen LogP contribution in [0.4, 0.5) is 15.0 Å². The Labute approximate surface area is 168 Å². The molecule has 1 fully saturated rings. The third-order valence-corrected chi connectivity index (χ3v) is 4.41. The molecule has 0 unspecified atom stereocenters. The van der Waals surface area contributed by atoms with E-state index in [1.54, 1.807) is 18.3 Å². The molecule has 0 aliphatic carbocycles. The van der Waals surface area contributed by atoms with Gasteiger partial charge in [0.15, 0.2) is 0 Å². The molecule has 3 rings (SSSR count). The van der Waals surface area contributed by atoms with Crippen molar-refractivity contribution in [3.05, 3.63) is 59.5 Å². The number of morpholine rings is 1. The summed E-state index contributed by atoms with van der Waals surface area (Å²) in [6.07, 6.45) is 1.72. The number of benzene rings is 1. The number of rotatable bonds is 7. The van der Waals surface area contributed by atoms with Gasteiger partial charge in [-0.25, -0.2) is 14.2 Å². The van der Waals surface area contributed by atoms with Gasteiger partial charge in [-0.1, -0.05) is 12.1 Å². The molecule has 0 saturated carbocycles. The van der Waals surface area contributed by atoms with E-state index in [1.807, 2.05) is 12.1 Å². The number of carbonyl (C=O) groups is 2. The molecule has 3 amide bonds. The van der Waals surface area contributed by atoms with Crippen molar-refractivity contribution in [2.75, 3.05) is 37.7 Å². The molecule has 0 atom stereocenters. The first-order chi connectivity index (χ1) is 14.1. The number of carbonyl (C=O) groups excluding carboxylic acids is 2. The first-order valence-corrected chi connectivity index (χ1v) is 9.40. The van der Waals surface area contributed by atoms with E-state index < -0.39 is 6.03 Å². The number of aromatic nitrogens is 1. The van der Waals surface area contributed by atoms with E-state index in [0.29, 0.717) is 19.8 Å². The Bertz CT molecular complexity index is 825. The summed E-state index contributed by atoms with van der Waals surface area (Å²) in [7, 11) is 0. The Kier molecular flexibility index (Phi) is 7.34. The van der Waals surface area contributed by atoms with Crippen LogP contribution in [0.3, 0.4) is 0 Å². The average Bonchev–Trinajstić information content (AvgIpc) is 2.76. The average molecular weight is 401 g/mol. The molecular formula is C20H24FN5O3. The molecule has 1 aromatic heterocycles. The van der Waals surface area contributed by atoms with Crippen LogP contribution in [-0.4, -0.2) is 49.8 Å². The fourth-order valence-corrected chi connectivity index (χ4v) is 2.81. The number of nitrogens with one attached hydrogen (secondary N) is 3. The highest BCUT2D eigenvalue weighted by molar-refractivity contribution is 5.83. The Morgan fingerprint density at radius 1 is 1.00 bits per heavy atom. The predicted octanol–water partition coefficient (Wildman–Crippen LogP) is 1.17. The minimum atomic E-state index is -0.469. The van der Waals surface area contributed by atoms with Crippen LogP contribution in [0.2, 0.25) is 0 Å². The Morgan fingerprint density at radius 3 is 2.48 bits per heavy atom. The Balaban J connectivity index is 1.37. The van der Waals surface area contributed by atoms with Gasteiger partial charge in [-0.2, -0.15) is 0 Å². The van der Waals surface area contributed by atoms with Gasteiger partial charge >= 0.3 is 6.03 Å². The summed E-state index contributed by atoms with van der Waals surface area (Å²) in [5.74, 6) is 0.228. The lowest BCUT2D eigenvalue weighted by Gasteiger charge is -2.28. The zero-order valence-electron chi connectivity index (χ0n) is 16.0. The van der Waals surface area contributed by atoms with Crippen molar-refractivity contribution in [1.29, 1.82) is 0 Å². The van der Waals surface area contributed by atoms with Crippen molar-refractivity contribution in [1.82, 2.24) is 20.9 Å². The van der Waals surface area contributed by atoms with Crippen LogP contribution in [-0.2, 0) is 22.6 Å². The predicted molar refractivity (Wildman–Crippen MR) is 106 cm³/mol. The number of urea groups is 1. The maximum atomic E-state index is 12.9. The van der Waals surface area contributed by atoms with Gasteiger partial charge in [0.05, 0.1) is 19.8 Å². The van der Waals surface area contributed by atoms with Crippen molar-refractivity contribution in [2.24, 2.45) is 0 Å². The third kappa shape index (κ3) is 6.72. The van der Waals surface area contributed by atoms with Crippen LogP contribution in [0, 0.1) is 5.82 Å². The number of hydrogen-bond acceptors (Lipinski definition) is 5. The second-order valence-corrected chi connectivity index (χ2v) is 6.56. The number of hydrogen-bond donors (Lipinski definition) is 3. The van der Waals surface area contributed by atoms with Crippen LogP contribution >= 0.6 is 0 Å². The summed E-state index contributed by atoms with van der Waals surface area (Å²) in [6, 6.07) is 9.13. The Morgan fingerprint density at radius 2 is 1.72 bits per heavy atom. The highest BCUT2D eigenvalue weighted by atomic mass is 19.1. The molecule has 154 valence electrons. The molecule has 2 heterocycles. The van der Waals surface area contributed by atoms with Gasteiger partial charge in [-0.15, -0.1) is 0 Å². The molecule has 9 heteroatoms. The summed E-state index contributed by atoms with van der Waals surface area (Å²) < 4.78 is 18.2. The smallest absolute Gasteiger partial charge is 0.315 e. The van der Waals surface area contributed by atoms with E-state index in [1.165, 1.54) is 12.1 Å². The molecular weight excluding hydrogens is 377 g/mol. The topological polar surface area (TPSA) is 95.6 Å². The molecule has 1 aliphatic rings. The maximum Gasteiger partial charge on any atom is 0.315 e. The zero-order valence-corrected chi connectivity index (χ0v) is 16.0. The van der Waals surface area contributed by atoms with Gasteiger partial charge < -0.3 is 25.6 Å². The molecule has 2 aromatic rings. The highest BCUT2D eigenvalue weighted by Crippen LogP contribution is 2.14. The summed E-state index contributed by atoms with van der Waals surface area (Å²) in [4.78, 5) is 30.3. The van der Waals surface area contributed by atoms with Crippen molar-refractivity contribution in [3.8, 4) is 0 Å². The van der Waals surface area contributed by atoms with Crippen LogP contribution in [0.5, 0.6) is 0 Å². The van der Waals surface area contributed by atoms with Gasteiger partial charge in [0, 0.05) is 32.4 Å². The lowest BCUT2D eigenvalue weighted by atomic mass is 10.2. The van der Waals surface area contributed by atoms with Crippen molar-refractivity contribution < 1.29 is 18.7 Å². The summed E-state index contributed by atoms with van der Waals surface area (Å²) in [5.41, 5.74) is 1.69. The van der Waals surface area contributed by atoms with E-state index >= 15 is 0 Å². The fraction of sp³-hybridized carbons (Fsp3) is 0.350. The largest absolute Gasteiger partial charge is 0.378 e. The van der Waals surface area contributed by atoms with E-state index in [9.17, 15) is 14.0 Å². The van der Waals surface area contributed by atoms with Gasteiger partial charge in [-0.3, -0.25) is 4.79 Å². The number of pyridine rings is 1. The second-order valence-electron chi connectivity index (χ2n) is 6.56. The van der Waals surface area contributed by atoms with E-state index in [2.05, 4.69) is 25.8 Å². The Hall–Kier alpha value is -3.20. The van der Waals surface area contributed by atoms with E-state index in [-0.39, 0.29) is 24.8 Å². The molecule has 0 spiro atoms. The lowest BCUT2D eigenvalue weighted by molar-refractivity contribution is -0.120. The monoisotopic (exact) mass is 401 g/mol. The molecule has 1 aromatic carbocycles. The molecule has 0 radical (unpaired) electrons. The number of anilines is 1. The van der Waals surface area contributed by atoms with Gasteiger partial charge in [0.2, 0.25) is 5.91 Å². The molecule has 1 aliphatic heterocycles. The normalized spacial score (nSPS) is 13.6. The molecule has 29 heavy (non-hydrogen) atoms. The van der Waals surface area contributed by atoms with Crippen LogP contribution in [0.25, 0.3) is 0 Å². The first kappa shape index (κ1) is 20.5. The number of nitrogens with zero attached hydrogens (tertiary/aromatic N) is 2. The molecule has 1 saturated heterocycles. The zero-order chi connectivity index (χ0) is 20.5. The number of amides is 3. The molecule has 8 nitrogen and oxygen atoms in total. The van der Waals surface area contributed by atoms with E-state index in [4.69, 9.17) is 4.74 Å². The highest BCUT2D eigenvalue weighted by Gasteiger charge is 2.13. The number of halogens is 1. The minimum Gasteiger partial charge on any atom is -0.378 e. The molecule has 0 bridgehead atoms. The SMILES string of the molecule is O=C(CNC(=O)NCc1ccc(F)cc1)NCc1ccnc(N2CCOCC2)c1. The van der Waals surface area contributed by atoms with Crippen LogP contribution in [0.15, 0.2) is 42.6 Å². The molecule has 3 N–H and O–H groups in total. The standard InChI is InChI=1S/C20H24FN5O3/c21-17-3-1-15(2-4-17)12-24-20(28)25-14-19(27)23-13-16-5-6-22-18(11-16)26-7-9-29-10-8-26/h1-6,11H,7-10,12-14H2,(H,23,27)(H2,24,25,28). The second kappa shape index (κ2) is 10.4. The van der Waals surface area contributed by atoms with E-state index in [0.717, 1.165) is 30.0 Å². The minimum absolute atomic E-state index is 0.142. The first-order valence-electron chi connectivity index (χ1n) is 9.40. The van der Waals surface area contributed by atoms with Crippen LogP contribution < -0.4 is 20.9 Å². The van der Waals surface area contributed by atoms with Gasteiger partial charge in [0.1, 0.15) is 11.6 Å². The lowest BCUT2D eigenvalue weighted by Crippen LogP contribution is -2.41. The van der Waals surface area contributed by atoms with Gasteiger partial charge in [-0.05, 0) is 35.4 Å². The maximum absolute atomic E-state index is 12.9. The van der Waals surface area contributed by atoms with Crippen molar-refractivity contribution in [2.45, 2.75) is 13.1 Å². The number of ether oxygens (including phenoxy) is 1. The van der Waals surface area contributed by atoms with Gasteiger partial charge in [0.25, 0.3) is 0 Å². The third-order valence-electron chi connectivity index (χ3n) is 4.41. The summed E-state index contributed by atoms with van der Waals surface area (Å²) in [5, 5.41) is 7.88. The quantitative estimate of drug-likeness (QED) is 0.648. The van der Waals surface area contributed by atoms with Crippen molar-refractivity contribution in [3.63, 3.8) is 0 Å².